The van der Waals surface area contributed by atoms with Gasteiger partial charge < -0.3 is 15.7 Å². The molecule has 0 saturated heterocycles. The number of fused-ring (bicyclic) bond motifs is 1. The summed E-state index contributed by atoms with van der Waals surface area (Å²) in [6.45, 7) is 0. The van der Waals surface area contributed by atoms with Crippen molar-refractivity contribution >= 4 is 61.9 Å². The minimum atomic E-state index is -0.969. The first kappa shape index (κ1) is 25.7. The third kappa shape index (κ3) is 5.95. The van der Waals surface area contributed by atoms with Gasteiger partial charge in [-0.1, -0.05) is 72.0 Å². The van der Waals surface area contributed by atoms with Gasteiger partial charge in [0.1, 0.15) is 5.25 Å². The number of hydrogen-bond donors (Lipinski definition) is 3. The van der Waals surface area contributed by atoms with E-state index in [4.69, 9.17) is 0 Å². The largest absolute Gasteiger partial charge is 0.481 e. The Kier molecular flexibility index (Phi) is 7.86. The van der Waals surface area contributed by atoms with E-state index in [1.165, 1.54) is 23.1 Å². The standard InChI is InChI=1S/C29H25N3O4S2/c33-26(21-13-4-5-14-22(21)28(35)36)30-19-11-8-12-20(17-19)37-25(18-9-2-1-3-10-18)27(34)32-29-31-23-15-6-7-16-24(23)38-29/h1-12,15-17,21-22,25H,13-14H2,(H,30,33)(H,35,36)(H,31,32,34). The average molecular weight is 544 g/mol. The molecule has 38 heavy (non-hydrogen) atoms. The van der Waals surface area contributed by atoms with Crippen LogP contribution in [0.4, 0.5) is 10.8 Å². The Hall–Kier alpha value is -3.95. The maximum atomic E-state index is 13.5. The number of aromatic nitrogens is 1. The molecule has 1 aromatic heterocycles. The molecule has 7 nitrogen and oxygen atoms in total. The van der Waals surface area contributed by atoms with Gasteiger partial charge in [-0.25, -0.2) is 4.98 Å². The van der Waals surface area contributed by atoms with E-state index in [1.54, 1.807) is 18.2 Å². The topological polar surface area (TPSA) is 108 Å². The van der Waals surface area contributed by atoms with E-state index in [1.807, 2.05) is 72.8 Å². The van der Waals surface area contributed by atoms with Crippen molar-refractivity contribution in [2.75, 3.05) is 10.6 Å². The minimum Gasteiger partial charge on any atom is -0.481 e. The fourth-order valence-electron chi connectivity index (χ4n) is 4.39. The Morgan fingerprint density at radius 3 is 2.39 bits per heavy atom. The molecule has 0 spiro atoms. The highest BCUT2D eigenvalue weighted by molar-refractivity contribution is 8.00. The second-order valence-electron chi connectivity index (χ2n) is 8.90. The van der Waals surface area contributed by atoms with Gasteiger partial charge in [-0.05, 0) is 48.7 Å². The average Bonchev–Trinajstić information content (AvgIpc) is 3.34. The fourth-order valence-corrected chi connectivity index (χ4v) is 6.34. The minimum absolute atomic E-state index is 0.201. The third-order valence-corrected chi connectivity index (χ3v) is 8.51. The fraction of sp³-hybridized carbons (Fsp3) is 0.172. The SMILES string of the molecule is O=C(Nc1nc2ccccc2s1)C(Sc1cccc(NC(=O)C2CC=CCC2C(=O)O)c1)c1ccccc1. The molecule has 0 aliphatic heterocycles. The molecule has 3 unspecified atom stereocenters. The van der Waals surface area contributed by atoms with Crippen LogP contribution in [-0.4, -0.2) is 27.9 Å². The number of carbonyl (C=O) groups excluding carboxylic acids is 2. The number of benzene rings is 3. The van der Waals surface area contributed by atoms with Gasteiger partial charge in [-0.15, -0.1) is 11.8 Å². The first-order valence-electron chi connectivity index (χ1n) is 12.1. The van der Waals surface area contributed by atoms with Crippen LogP contribution in [0.5, 0.6) is 0 Å². The quantitative estimate of drug-likeness (QED) is 0.176. The van der Waals surface area contributed by atoms with Crippen LogP contribution < -0.4 is 10.6 Å². The van der Waals surface area contributed by atoms with Crippen molar-refractivity contribution in [3.8, 4) is 0 Å². The molecule has 3 atom stereocenters. The number of nitrogens with one attached hydrogen (secondary N) is 2. The molecular weight excluding hydrogens is 518 g/mol. The van der Waals surface area contributed by atoms with Crippen LogP contribution in [0.2, 0.25) is 0 Å². The van der Waals surface area contributed by atoms with Gasteiger partial charge in [-0.3, -0.25) is 14.4 Å². The van der Waals surface area contributed by atoms with E-state index < -0.39 is 23.1 Å². The van der Waals surface area contributed by atoms with E-state index in [2.05, 4.69) is 15.6 Å². The molecule has 0 radical (unpaired) electrons. The number of carboxylic acids is 1. The summed E-state index contributed by atoms with van der Waals surface area (Å²) in [4.78, 5) is 43.3. The van der Waals surface area contributed by atoms with Crippen molar-refractivity contribution in [3.05, 3.63) is 96.6 Å². The van der Waals surface area contributed by atoms with Crippen LogP contribution in [0, 0.1) is 11.8 Å². The van der Waals surface area contributed by atoms with Crippen LogP contribution in [0.1, 0.15) is 23.7 Å². The molecule has 0 bridgehead atoms. The zero-order chi connectivity index (χ0) is 26.5. The lowest BCUT2D eigenvalue weighted by Crippen LogP contribution is -2.34. The summed E-state index contributed by atoms with van der Waals surface area (Å²) in [5.41, 5.74) is 2.22. The Morgan fingerprint density at radius 2 is 1.63 bits per heavy atom. The smallest absolute Gasteiger partial charge is 0.307 e. The number of thiazole rings is 1. The summed E-state index contributed by atoms with van der Waals surface area (Å²) in [5.74, 6) is -2.87. The van der Waals surface area contributed by atoms with Crippen LogP contribution in [0.15, 0.2) is 95.9 Å². The highest BCUT2D eigenvalue weighted by atomic mass is 32.2. The Labute approximate surface area is 228 Å². The highest BCUT2D eigenvalue weighted by Crippen LogP contribution is 2.38. The number of rotatable bonds is 8. The number of carbonyl (C=O) groups is 3. The van der Waals surface area contributed by atoms with E-state index in [0.29, 0.717) is 23.7 Å². The van der Waals surface area contributed by atoms with Gasteiger partial charge in [-0.2, -0.15) is 0 Å². The zero-order valence-electron chi connectivity index (χ0n) is 20.2. The molecule has 3 N–H and O–H groups in total. The van der Waals surface area contributed by atoms with Gasteiger partial charge in [0.2, 0.25) is 11.8 Å². The third-order valence-electron chi connectivity index (χ3n) is 6.31. The van der Waals surface area contributed by atoms with E-state index >= 15 is 0 Å². The summed E-state index contributed by atoms with van der Waals surface area (Å²) in [6, 6.07) is 24.5. The van der Waals surface area contributed by atoms with Crippen molar-refractivity contribution in [3.63, 3.8) is 0 Å². The molecule has 2 amide bonds. The van der Waals surface area contributed by atoms with Crippen molar-refractivity contribution < 1.29 is 19.5 Å². The predicted octanol–water partition coefficient (Wildman–Crippen LogP) is 6.37. The van der Waals surface area contributed by atoms with Gasteiger partial charge in [0, 0.05) is 10.6 Å². The summed E-state index contributed by atoms with van der Waals surface area (Å²) >= 11 is 2.79. The number of aliphatic carboxylic acids is 1. The Balaban J connectivity index is 1.34. The molecule has 4 aromatic rings. The number of nitrogens with zero attached hydrogens (tertiary/aromatic N) is 1. The first-order valence-corrected chi connectivity index (χ1v) is 13.8. The normalized spacial score (nSPS) is 17.6. The van der Waals surface area contributed by atoms with E-state index in [9.17, 15) is 19.5 Å². The molecule has 1 aliphatic rings. The lowest BCUT2D eigenvalue weighted by Gasteiger charge is -2.24. The number of para-hydroxylation sites is 1. The number of amides is 2. The van der Waals surface area contributed by atoms with Gasteiger partial charge in [0.25, 0.3) is 0 Å². The first-order chi connectivity index (χ1) is 18.5. The highest BCUT2D eigenvalue weighted by Gasteiger charge is 2.34. The number of hydrogen-bond acceptors (Lipinski definition) is 6. The number of carboxylic acid groups (broad SMARTS) is 1. The van der Waals surface area contributed by atoms with Crippen molar-refractivity contribution in [2.24, 2.45) is 11.8 Å². The Morgan fingerprint density at radius 1 is 0.895 bits per heavy atom. The summed E-state index contributed by atoms with van der Waals surface area (Å²) in [5, 5.41) is 15.3. The van der Waals surface area contributed by atoms with Gasteiger partial charge >= 0.3 is 5.97 Å². The van der Waals surface area contributed by atoms with E-state index in [-0.39, 0.29) is 11.8 Å². The number of allylic oxidation sites excluding steroid dienone is 2. The monoisotopic (exact) mass is 543 g/mol. The second-order valence-corrected chi connectivity index (χ2v) is 11.1. The van der Waals surface area contributed by atoms with Gasteiger partial charge in [0.15, 0.2) is 5.13 Å². The summed E-state index contributed by atoms with van der Waals surface area (Å²) in [6.07, 6.45) is 4.39. The molecule has 0 saturated carbocycles. The van der Waals surface area contributed by atoms with Crippen molar-refractivity contribution in [2.45, 2.75) is 23.0 Å². The van der Waals surface area contributed by atoms with E-state index in [0.717, 1.165) is 20.7 Å². The zero-order valence-corrected chi connectivity index (χ0v) is 21.9. The molecular formula is C29H25N3O4S2. The lowest BCUT2D eigenvalue weighted by atomic mass is 9.82. The van der Waals surface area contributed by atoms with Crippen LogP contribution >= 0.6 is 23.1 Å². The molecule has 192 valence electrons. The van der Waals surface area contributed by atoms with Crippen LogP contribution in [-0.2, 0) is 14.4 Å². The second kappa shape index (κ2) is 11.6. The molecule has 0 fully saturated rings. The van der Waals surface area contributed by atoms with Crippen LogP contribution in [0.3, 0.4) is 0 Å². The number of thioether (sulfide) groups is 1. The van der Waals surface area contributed by atoms with Crippen LogP contribution in [0.25, 0.3) is 10.2 Å². The van der Waals surface area contributed by atoms with Crippen molar-refractivity contribution in [1.82, 2.24) is 4.98 Å². The maximum absolute atomic E-state index is 13.5. The summed E-state index contributed by atoms with van der Waals surface area (Å²) < 4.78 is 0.994. The van der Waals surface area contributed by atoms with Crippen molar-refractivity contribution in [1.29, 1.82) is 0 Å². The lowest BCUT2D eigenvalue weighted by molar-refractivity contribution is -0.146. The molecule has 3 aromatic carbocycles. The molecule has 1 aliphatic carbocycles. The molecule has 1 heterocycles. The number of anilines is 2. The molecule has 5 rings (SSSR count). The summed E-state index contributed by atoms with van der Waals surface area (Å²) in [7, 11) is 0. The van der Waals surface area contributed by atoms with Gasteiger partial charge in [0.05, 0.1) is 22.1 Å². The Bertz CT molecular complexity index is 1470. The molecule has 9 heteroatoms. The maximum Gasteiger partial charge on any atom is 0.307 e. The predicted molar refractivity (Wildman–Crippen MR) is 151 cm³/mol.